The van der Waals surface area contributed by atoms with E-state index in [4.69, 9.17) is 9.88 Å². The first-order valence-electron chi connectivity index (χ1n) is 8.30. The minimum Gasteiger partial charge on any atom is -0.497 e. The highest BCUT2D eigenvalue weighted by Crippen LogP contribution is 2.40. The van der Waals surface area contributed by atoms with Crippen LogP contribution in [0.25, 0.3) is 11.1 Å². The number of aromatic nitrogens is 2. The molecule has 0 unspecified atom stereocenters. The van der Waals surface area contributed by atoms with Gasteiger partial charge in [0, 0.05) is 18.7 Å². The molecule has 4 rings (SSSR count). The lowest BCUT2D eigenvalue weighted by Crippen LogP contribution is -2.26. The van der Waals surface area contributed by atoms with E-state index in [2.05, 4.69) is 21.2 Å². The van der Waals surface area contributed by atoms with Crippen LogP contribution in [0.3, 0.4) is 0 Å². The highest BCUT2D eigenvalue weighted by Gasteiger charge is 2.23. The standard InChI is InChI=1S/C19H18N4O3S/c1-26-15-5-4-14-12-23(19-10-22-21-9-18(19)17(14)8-15)11-13-2-6-16(7-3-13)27(20,24)25/h2-10H,11-12H2,1H3,(H2,20,24,25). The Kier molecular flexibility index (Phi) is 4.29. The van der Waals surface area contributed by atoms with E-state index >= 15 is 0 Å². The number of fused-ring (bicyclic) bond motifs is 3. The van der Waals surface area contributed by atoms with Crippen molar-refractivity contribution in [2.45, 2.75) is 18.0 Å². The van der Waals surface area contributed by atoms with E-state index in [1.165, 1.54) is 12.1 Å². The van der Waals surface area contributed by atoms with Crippen molar-refractivity contribution in [2.75, 3.05) is 12.0 Å². The van der Waals surface area contributed by atoms with Crippen LogP contribution in [0.15, 0.2) is 59.8 Å². The first kappa shape index (κ1) is 17.4. The maximum absolute atomic E-state index is 11.4. The van der Waals surface area contributed by atoms with E-state index in [-0.39, 0.29) is 4.90 Å². The van der Waals surface area contributed by atoms with Crippen LogP contribution in [0.2, 0.25) is 0 Å². The molecular formula is C19H18N4O3S. The summed E-state index contributed by atoms with van der Waals surface area (Å²) in [6, 6.07) is 12.6. The Morgan fingerprint density at radius 1 is 1.07 bits per heavy atom. The molecule has 8 heteroatoms. The fraction of sp³-hybridized carbons (Fsp3) is 0.158. The topological polar surface area (TPSA) is 98.4 Å². The molecule has 2 aromatic carbocycles. The van der Waals surface area contributed by atoms with Gasteiger partial charge in [0.2, 0.25) is 10.0 Å². The molecule has 27 heavy (non-hydrogen) atoms. The van der Waals surface area contributed by atoms with Gasteiger partial charge in [0.15, 0.2) is 0 Å². The molecule has 138 valence electrons. The Balaban J connectivity index is 1.68. The summed E-state index contributed by atoms with van der Waals surface area (Å²) in [6.45, 7) is 1.31. The molecule has 0 spiro atoms. The largest absolute Gasteiger partial charge is 0.497 e. The van der Waals surface area contributed by atoms with Crippen molar-refractivity contribution in [1.82, 2.24) is 10.2 Å². The second-order valence-electron chi connectivity index (χ2n) is 6.36. The van der Waals surface area contributed by atoms with Crippen LogP contribution in [0.5, 0.6) is 5.75 Å². The number of benzene rings is 2. The van der Waals surface area contributed by atoms with Gasteiger partial charge in [-0.15, -0.1) is 0 Å². The summed E-state index contributed by atoms with van der Waals surface area (Å²) >= 11 is 0. The van der Waals surface area contributed by atoms with Gasteiger partial charge in [-0.25, -0.2) is 13.6 Å². The highest BCUT2D eigenvalue weighted by atomic mass is 32.2. The molecule has 0 radical (unpaired) electrons. The van der Waals surface area contributed by atoms with Gasteiger partial charge in [-0.05, 0) is 41.0 Å². The number of nitrogens with zero attached hydrogens (tertiary/aromatic N) is 3. The van der Waals surface area contributed by atoms with Gasteiger partial charge in [-0.1, -0.05) is 18.2 Å². The molecule has 7 nitrogen and oxygen atoms in total. The number of rotatable bonds is 4. The first-order chi connectivity index (χ1) is 13.0. The molecule has 0 bridgehead atoms. The number of anilines is 1. The van der Waals surface area contributed by atoms with Gasteiger partial charge >= 0.3 is 0 Å². The molecule has 3 aromatic rings. The SMILES string of the molecule is COc1ccc2c(c1)-c1cnncc1N(Cc1ccc(S(N)(=O)=O)cc1)C2. The average molecular weight is 382 g/mol. The van der Waals surface area contributed by atoms with Gasteiger partial charge < -0.3 is 9.64 Å². The van der Waals surface area contributed by atoms with E-state index in [9.17, 15) is 8.42 Å². The summed E-state index contributed by atoms with van der Waals surface area (Å²) in [5, 5.41) is 13.2. The quantitative estimate of drug-likeness (QED) is 0.744. The molecule has 2 heterocycles. The molecule has 1 aliphatic heterocycles. The number of nitrogens with two attached hydrogens (primary N) is 1. The molecule has 0 fully saturated rings. The first-order valence-corrected chi connectivity index (χ1v) is 9.85. The summed E-state index contributed by atoms with van der Waals surface area (Å²) in [5.41, 5.74) is 5.19. The third-order valence-corrected chi connectivity index (χ3v) is 5.57. The predicted octanol–water partition coefficient (Wildman–Crippen LogP) is 2.32. The Hall–Kier alpha value is -2.97. The minimum atomic E-state index is -3.69. The van der Waals surface area contributed by atoms with E-state index < -0.39 is 10.0 Å². The van der Waals surface area contributed by atoms with Crippen LogP contribution in [-0.2, 0) is 23.1 Å². The Morgan fingerprint density at radius 2 is 1.81 bits per heavy atom. The van der Waals surface area contributed by atoms with E-state index in [1.54, 1.807) is 31.6 Å². The molecule has 1 aliphatic rings. The molecule has 0 saturated carbocycles. The summed E-state index contributed by atoms with van der Waals surface area (Å²) in [5.74, 6) is 0.795. The van der Waals surface area contributed by atoms with Crippen LogP contribution in [0.4, 0.5) is 5.69 Å². The molecule has 0 amide bonds. The number of ether oxygens (including phenoxy) is 1. The summed E-state index contributed by atoms with van der Waals surface area (Å²) in [6.07, 6.45) is 3.50. The Morgan fingerprint density at radius 3 is 2.52 bits per heavy atom. The van der Waals surface area contributed by atoms with Gasteiger partial charge in [-0.2, -0.15) is 10.2 Å². The van der Waals surface area contributed by atoms with Crippen molar-refractivity contribution in [3.05, 3.63) is 66.0 Å². The molecule has 0 saturated heterocycles. The van der Waals surface area contributed by atoms with Crippen LogP contribution < -0.4 is 14.8 Å². The van der Waals surface area contributed by atoms with Crippen LogP contribution in [0.1, 0.15) is 11.1 Å². The second-order valence-corrected chi connectivity index (χ2v) is 7.92. The molecule has 0 aliphatic carbocycles. The normalized spacial score (nSPS) is 13.0. The van der Waals surface area contributed by atoms with Crippen molar-refractivity contribution >= 4 is 15.7 Å². The zero-order valence-electron chi connectivity index (χ0n) is 14.7. The molecule has 0 atom stereocenters. The van der Waals surface area contributed by atoms with Crippen molar-refractivity contribution in [3.8, 4) is 16.9 Å². The van der Waals surface area contributed by atoms with Crippen LogP contribution in [-0.4, -0.2) is 25.7 Å². The highest BCUT2D eigenvalue weighted by molar-refractivity contribution is 7.89. The zero-order valence-corrected chi connectivity index (χ0v) is 15.5. The average Bonchev–Trinajstić information content (AvgIpc) is 2.67. The summed E-state index contributed by atoms with van der Waals surface area (Å²) < 4.78 is 28.2. The maximum Gasteiger partial charge on any atom is 0.238 e. The van der Waals surface area contributed by atoms with Crippen molar-refractivity contribution in [2.24, 2.45) is 5.14 Å². The number of sulfonamides is 1. The number of hydrogen-bond acceptors (Lipinski definition) is 6. The number of hydrogen-bond donors (Lipinski definition) is 1. The van der Waals surface area contributed by atoms with Crippen molar-refractivity contribution in [1.29, 1.82) is 0 Å². The zero-order chi connectivity index (χ0) is 19.0. The fourth-order valence-electron chi connectivity index (χ4n) is 3.28. The summed E-state index contributed by atoms with van der Waals surface area (Å²) in [7, 11) is -2.05. The van der Waals surface area contributed by atoms with Gasteiger partial charge in [0.05, 0.1) is 30.1 Å². The van der Waals surface area contributed by atoms with E-state index in [1.807, 2.05) is 12.1 Å². The fourth-order valence-corrected chi connectivity index (χ4v) is 3.80. The third kappa shape index (κ3) is 3.36. The Bertz CT molecular complexity index is 1100. The summed E-state index contributed by atoms with van der Waals surface area (Å²) in [4.78, 5) is 2.29. The molecule has 2 N–H and O–H groups in total. The van der Waals surface area contributed by atoms with E-state index in [0.29, 0.717) is 13.1 Å². The van der Waals surface area contributed by atoms with Gasteiger partial charge in [0.1, 0.15) is 5.75 Å². The van der Waals surface area contributed by atoms with Crippen molar-refractivity contribution < 1.29 is 13.2 Å². The number of primary sulfonamides is 1. The van der Waals surface area contributed by atoms with E-state index in [0.717, 1.165) is 33.7 Å². The molecule has 1 aromatic heterocycles. The molecular weight excluding hydrogens is 364 g/mol. The van der Waals surface area contributed by atoms with Gasteiger partial charge in [0.25, 0.3) is 0 Å². The lowest BCUT2D eigenvalue weighted by molar-refractivity contribution is 0.415. The predicted molar refractivity (Wildman–Crippen MR) is 102 cm³/mol. The lowest BCUT2D eigenvalue weighted by Gasteiger charge is -2.32. The third-order valence-electron chi connectivity index (χ3n) is 4.64. The second kappa shape index (κ2) is 6.64. The number of methoxy groups -OCH3 is 1. The van der Waals surface area contributed by atoms with Gasteiger partial charge in [-0.3, -0.25) is 0 Å². The smallest absolute Gasteiger partial charge is 0.238 e. The lowest BCUT2D eigenvalue weighted by atomic mass is 9.94. The Labute approximate surface area is 157 Å². The van der Waals surface area contributed by atoms with Crippen LogP contribution in [0, 0.1) is 0 Å². The van der Waals surface area contributed by atoms with Crippen LogP contribution >= 0.6 is 0 Å². The maximum atomic E-state index is 11.4. The van der Waals surface area contributed by atoms with Crippen molar-refractivity contribution in [3.63, 3.8) is 0 Å². The minimum absolute atomic E-state index is 0.105. The monoisotopic (exact) mass is 382 g/mol.